The number of carbonyl (C=O) groups excluding carboxylic acids is 1. The van der Waals surface area contributed by atoms with Crippen LogP contribution in [-0.2, 0) is 4.79 Å². The molecule has 0 spiro atoms. The zero-order chi connectivity index (χ0) is 12.8. The van der Waals surface area contributed by atoms with Gasteiger partial charge in [0, 0.05) is 36.7 Å². The maximum absolute atomic E-state index is 11.6. The van der Waals surface area contributed by atoms with E-state index >= 15 is 0 Å². The molecule has 0 saturated carbocycles. The number of anilines is 1. The average molecular weight is 244 g/mol. The first-order chi connectivity index (χ1) is 8.79. The van der Waals surface area contributed by atoms with Crippen LogP contribution in [0.5, 0.6) is 0 Å². The second-order valence-corrected chi connectivity index (χ2v) is 3.92. The number of imidazole rings is 1. The predicted molar refractivity (Wildman–Crippen MR) is 70.7 cm³/mol. The molecular formula is C13H16N4O. The Bertz CT molecular complexity index is 507. The second kappa shape index (κ2) is 5.97. The van der Waals surface area contributed by atoms with Crippen molar-refractivity contribution in [1.82, 2.24) is 14.9 Å². The molecule has 0 aliphatic carbocycles. The summed E-state index contributed by atoms with van der Waals surface area (Å²) in [7, 11) is 1.83. The van der Waals surface area contributed by atoms with Crippen LogP contribution in [0.2, 0.25) is 0 Å². The van der Waals surface area contributed by atoms with E-state index in [0.29, 0.717) is 13.0 Å². The molecule has 94 valence electrons. The zero-order valence-electron chi connectivity index (χ0n) is 10.3. The highest BCUT2D eigenvalue weighted by atomic mass is 16.1. The monoisotopic (exact) mass is 244 g/mol. The van der Waals surface area contributed by atoms with Crippen molar-refractivity contribution in [2.75, 3.05) is 18.9 Å². The summed E-state index contributed by atoms with van der Waals surface area (Å²) in [5, 5.41) is 5.81. The van der Waals surface area contributed by atoms with E-state index in [1.54, 1.807) is 12.5 Å². The lowest BCUT2D eigenvalue weighted by molar-refractivity contribution is -0.116. The topological polar surface area (TPSA) is 59.0 Å². The Morgan fingerprint density at radius 3 is 3.06 bits per heavy atom. The van der Waals surface area contributed by atoms with Crippen molar-refractivity contribution >= 4 is 11.6 Å². The van der Waals surface area contributed by atoms with E-state index < -0.39 is 0 Å². The lowest BCUT2D eigenvalue weighted by Gasteiger charge is -2.07. The molecule has 1 heterocycles. The Balaban J connectivity index is 2.06. The Morgan fingerprint density at radius 2 is 2.33 bits per heavy atom. The van der Waals surface area contributed by atoms with E-state index in [-0.39, 0.29) is 5.91 Å². The predicted octanol–water partition coefficient (Wildman–Crippen LogP) is 1.42. The van der Waals surface area contributed by atoms with Crippen molar-refractivity contribution in [3.63, 3.8) is 0 Å². The van der Waals surface area contributed by atoms with Crippen LogP contribution in [0.15, 0.2) is 43.0 Å². The normalized spacial score (nSPS) is 10.3. The van der Waals surface area contributed by atoms with Gasteiger partial charge in [0.15, 0.2) is 0 Å². The summed E-state index contributed by atoms with van der Waals surface area (Å²) in [4.78, 5) is 15.6. The molecule has 1 aromatic carbocycles. The highest BCUT2D eigenvalue weighted by molar-refractivity contribution is 5.91. The number of hydrogen-bond donors (Lipinski definition) is 2. The van der Waals surface area contributed by atoms with Crippen LogP contribution in [0.25, 0.3) is 5.69 Å². The molecule has 18 heavy (non-hydrogen) atoms. The Morgan fingerprint density at radius 1 is 1.44 bits per heavy atom. The molecule has 2 rings (SSSR count). The summed E-state index contributed by atoms with van der Waals surface area (Å²) in [6.45, 7) is 0.674. The van der Waals surface area contributed by atoms with Gasteiger partial charge in [-0.1, -0.05) is 6.07 Å². The van der Waals surface area contributed by atoms with Gasteiger partial charge in [0.1, 0.15) is 0 Å². The van der Waals surface area contributed by atoms with Crippen LogP contribution in [0.3, 0.4) is 0 Å². The van der Waals surface area contributed by atoms with Crippen molar-refractivity contribution in [2.24, 2.45) is 0 Å². The summed E-state index contributed by atoms with van der Waals surface area (Å²) in [6, 6.07) is 7.66. The summed E-state index contributed by atoms with van der Waals surface area (Å²) < 4.78 is 1.89. The number of carbonyl (C=O) groups is 1. The van der Waals surface area contributed by atoms with E-state index in [1.165, 1.54) is 0 Å². The van der Waals surface area contributed by atoms with Crippen LogP contribution >= 0.6 is 0 Å². The van der Waals surface area contributed by atoms with Gasteiger partial charge in [-0.15, -0.1) is 0 Å². The third kappa shape index (κ3) is 3.18. The van der Waals surface area contributed by atoms with Crippen LogP contribution in [0.4, 0.5) is 5.69 Å². The number of aromatic nitrogens is 2. The van der Waals surface area contributed by atoms with Crippen LogP contribution in [-0.4, -0.2) is 29.1 Å². The molecule has 1 aromatic heterocycles. The van der Waals surface area contributed by atoms with Gasteiger partial charge in [-0.05, 0) is 25.2 Å². The van der Waals surface area contributed by atoms with Crippen molar-refractivity contribution < 1.29 is 4.79 Å². The fraction of sp³-hybridized carbons (Fsp3) is 0.231. The van der Waals surface area contributed by atoms with E-state index in [1.807, 2.05) is 42.1 Å². The van der Waals surface area contributed by atoms with Gasteiger partial charge >= 0.3 is 0 Å². The van der Waals surface area contributed by atoms with E-state index in [9.17, 15) is 4.79 Å². The van der Waals surface area contributed by atoms with Crippen LogP contribution in [0.1, 0.15) is 6.42 Å². The summed E-state index contributed by atoms with van der Waals surface area (Å²) in [6.07, 6.45) is 5.77. The third-order valence-electron chi connectivity index (χ3n) is 2.53. The molecule has 2 aromatic rings. The van der Waals surface area contributed by atoms with Crippen molar-refractivity contribution in [3.05, 3.63) is 43.0 Å². The minimum absolute atomic E-state index is 0.00660. The maximum atomic E-state index is 11.6. The number of rotatable bonds is 5. The average Bonchev–Trinajstić information content (AvgIpc) is 2.90. The first kappa shape index (κ1) is 12.3. The molecule has 5 heteroatoms. The number of benzene rings is 1. The standard InChI is InChI=1S/C13H16N4O/c1-14-6-5-13(18)16-11-3-2-4-12(9-11)17-8-7-15-10-17/h2-4,7-10,14H,5-6H2,1H3,(H,16,18). The largest absolute Gasteiger partial charge is 0.326 e. The second-order valence-electron chi connectivity index (χ2n) is 3.92. The van der Waals surface area contributed by atoms with Crippen molar-refractivity contribution in [3.8, 4) is 5.69 Å². The highest BCUT2D eigenvalue weighted by Crippen LogP contribution is 2.14. The summed E-state index contributed by atoms with van der Waals surface area (Å²) >= 11 is 0. The van der Waals surface area contributed by atoms with E-state index in [2.05, 4.69) is 15.6 Å². The van der Waals surface area contributed by atoms with Crippen LogP contribution < -0.4 is 10.6 Å². The van der Waals surface area contributed by atoms with Crippen molar-refractivity contribution in [2.45, 2.75) is 6.42 Å². The molecule has 2 N–H and O–H groups in total. The molecule has 0 radical (unpaired) electrons. The fourth-order valence-electron chi connectivity index (χ4n) is 1.62. The number of nitrogens with one attached hydrogen (secondary N) is 2. The lowest BCUT2D eigenvalue weighted by atomic mass is 10.2. The van der Waals surface area contributed by atoms with Gasteiger partial charge in [0.2, 0.25) is 5.91 Å². The summed E-state index contributed by atoms with van der Waals surface area (Å²) in [5.41, 5.74) is 1.77. The first-order valence-corrected chi connectivity index (χ1v) is 5.82. The summed E-state index contributed by atoms with van der Waals surface area (Å²) in [5.74, 6) is 0.00660. The minimum atomic E-state index is 0.00660. The minimum Gasteiger partial charge on any atom is -0.326 e. The van der Waals surface area contributed by atoms with Gasteiger partial charge in [0.25, 0.3) is 0 Å². The van der Waals surface area contributed by atoms with Gasteiger partial charge < -0.3 is 15.2 Å². The quantitative estimate of drug-likeness (QED) is 0.836. The molecule has 0 aliphatic rings. The lowest BCUT2D eigenvalue weighted by Crippen LogP contribution is -2.18. The van der Waals surface area contributed by atoms with Gasteiger partial charge in [-0.25, -0.2) is 4.98 Å². The smallest absolute Gasteiger partial charge is 0.225 e. The highest BCUT2D eigenvalue weighted by Gasteiger charge is 2.02. The van der Waals surface area contributed by atoms with Gasteiger partial charge in [-0.2, -0.15) is 0 Å². The SMILES string of the molecule is CNCCC(=O)Nc1cccc(-n2ccnc2)c1. The van der Waals surface area contributed by atoms with Crippen LogP contribution in [0, 0.1) is 0 Å². The Hall–Kier alpha value is -2.14. The number of nitrogens with zero attached hydrogens (tertiary/aromatic N) is 2. The molecule has 5 nitrogen and oxygen atoms in total. The molecule has 0 unspecified atom stereocenters. The first-order valence-electron chi connectivity index (χ1n) is 5.82. The van der Waals surface area contributed by atoms with Crippen molar-refractivity contribution in [1.29, 1.82) is 0 Å². The van der Waals surface area contributed by atoms with E-state index in [0.717, 1.165) is 11.4 Å². The molecule has 1 amide bonds. The maximum Gasteiger partial charge on any atom is 0.225 e. The molecule has 0 saturated heterocycles. The fourth-order valence-corrected chi connectivity index (χ4v) is 1.62. The van der Waals surface area contributed by atoms with Gasteiger partial charge in [-0.3, -0.25) is 4.79 Å². The van der Waals surface area contributed by atoms with Gasteiger partial charge in [0.05, 0.1) is 6.33 Å². The zero-order valence-corrected chi connectivity index (χ0v) is 10.3. The molecule has 0 fully saturated rings. The Labute approximate surface area is 106 Å². The molecule has 0 atom stereocenters. The third-order valence-corrected chi connectivity index (χ3v) is 2.53. The number of amides is 1. The van der Waals surface area contributed by atoms with E-state index in [4.69, 9.17) is 0 Å². The molecule has 0 aliphatic heterocycles. The number of hydrogen-bond acceptors (Lipinski definition) is 3. The Kier molecular flexibility index (Phi) is 4.09. The molecule has 0 bridgehead atoms. The molecular weight excluding hydrogens is 228 g/mol.